The third-order valence-electron chi connectivity index (χ3n) is 5.44. The number of nitrogens with zero attached hydrogens (tertiary/aromatic N) is 1. The largest absolute Gasteiger partial charge is 0.399 e. The Balaban J connectivity index is 1.88. The van der Waals surface area contributed by atoms with E-state index in [0.29, 0.717) is 0 Å². The molecule has 31 heavy (non-hydrogen) atoms. The van der Waals surface area contributed by atoms with Crippen LogP contribution < -0.4 is 10.3 Å². The van der Waals surface area contributed by atoms with Crippen molar-refractivity contribution < 1.29 is 4.57 Å². The van der Waals surface area contributed by atoms with Gasteiger partial charge < -0.3 is 5.73 Å². The molecule has 1 aromatic heterocycles. The van der Waals surface area contributed by atoms with Gasteiger partial charge in [0.05, 0.1) is 0 Å². The van der Waals surface area contributed by atoms with E-state index in [1.54, 1.807) is 0 Å². The number of hydrogen-bond acceptors (Lipinski definition) is 1. The van der Waals surface area contributed by atoms with E-state index in [1.807, 2.05) is 30.3 Å². The Hall–Kier alpha value is -4.17. The van der Waals surface area contributed by atoms with Crippen molar-refractivity contribution in [3.8, 4) is 39.3 Å². The van der Waals surface area contributed by atoms with E-state index >= 15 is 0 Å². The molecule has 0 saturated carbocycles. The van der Waals surface area contributed by atoms with Crippen LogP contribution in [0.5, 0.6) is 0 Å². The smallest absolute Gasteiger partial charge is 0.219 e. The summed E-state index contributed by atoms with van der Waals surface area (Å²) >= 11 is 0. The van der Waals surface area contributed by atoms with Gasteiger partial charge in [0.1, 0.15) is 0 Å². The van der Waals surface area contributed by atoms with Crippen molar-refractivity contribution in [3.05, 3.63) is 127 Å². The van der Waals surface area contributed by atoms with E-state index in [4.69, 9.17) is 5.73 Å². The lowest BCUT2D eigenvalue weighted by molar-refractivity contribution is -0.572. The molecule has 0 aliphatic carbocycles. The Morgan fingerprint density at radius 3 is 1.39 bits per heavy atom. The van der Waals surface area contributed by atoms with Gasteiger partial charge in [0.15, 0.2) is 0 Å². The maximum atomic E-state index is 6.18. The van der Waals surface area contributed by atoms with Crippen molar-refractivity contribution in [1.29, 1.82) is 0 Å². The van der Waals surface area contributed by atoms with Gasteiger partial charge in [-0.2, -0.15) is 4.57 Å². The maximum absolute atomic E-state index is 6.18. The minimum Gasteiger partial charge on any atom is -0.399 e. The molecule has 5 rings (SSSR count). The van der Waals surface area contributed by atoms with E-state index in [0.717, 1.165) is 33.9 Å². The van der Waals surface area contributed by atoms with E-state index < -0.39 is 0 Å². The van der Waals surface area contributed by atoms with Crippen molar-refractivity contribution in [2.45, 2.75) is 0 Å². The van der Waals surface area contributed by atoms with Crippen molar-refractivity contribution >= 4 is 5.69 Å². The van der Waals surface area contributed by atoms with Gasteiger partial charge in [-0.15, -0.1) is 0 Å². The molecule has 0 aliphatic heterocycles. The molecule has 5 aromatic rings. The van der Waals surface area contributed by atoms with Crippen LogP contribution in [0.2, 0.25) is 0 Å². The second kappa shape index (κ2) is 8.29. The number of rotatable bonds is 4. The molecule has 2 nitrogen and oxygen atoms in total. The fourth-order valence-corrected chi connectivity index (χ4v) is 3.98. The zero-order valence-electron chi connectivity index (χ0n) is 17.1. The summed E-state index contributed by atoms with van der Waals surface area (Å²) in [6, 6.07) is 44.2. The van der Waals surface area contributed by atoms with Gasteiger partial charge in [0.2, 0.25) is 17.1 Å². The first-order chi connectivity index (χ1) is 15.3. The Labute approximate surface area is 182 Å². The quantitative estimate of drug-likeness (QED) is 0.270. The molecule has 0 bridgehead atoms. The first kappa shape index (κ1) is 18.8. The Bertz CT molecular complexity index is 1250. The lowest BCUT2D eigenvalue weighted by Crippen LogP contribution is -2.36. The van der Waals surface area contributed by atoms with E-state index in [-0.39, 0.29) is 0 Å². The normalized spacial score (nSPS) is 10.7. The molecule has 0 saturated heterocycles. The molecule has 0 fully saturated rings. The highest BCUT2D eigenvalue weighted by atomic mass is 15.0. The van der Waals surface area contributed by atoms with Crippen molar-refractivity contribution in [2.75, 3.05) is 5.73 Å². The number of nitrogen functional groups attached to an aromatic ring is 1. The lowest BCUT2D eigenvalue weighted by Gasteiger charge is -2.13. The topological polar surface area (TPSA) is 29.9 Å². The lowest BCUT2D eigenvalue weighted by atomic mass is 9.98. The fourth-order valence-electron chi connectivity index (χ4n) is 3.98. The van der Waals surface area contributed by atoms with Crippen LogP contribution in [0.3, 0.4) is 0 Å². The van der Waals surface area contributed by atoms with Crippen LogP contribution in [0.1, 0.15) is 0 Å². The molecule has 1 heterocycles. The Morgan fingerprint density at radius 1 is 0.419 bits per heavy atom. The van der Waals surface area contributed by atoms with Crippen LogP contribution in [0.4, 0.5) is 5.69 Å². The monoisotopic (exact) mass is 399 g/mol. The average Bonchev–Trinajstić information content (AvgIpc) is 2.85. The number of aromatic nitrogens is 1. The third kappa shape index (κ3) is 3.84. The summed E-state index contributed by atoms with van der Waals surface area (Å²) in [5.74, 6) is 0. The minimum atomic E-state index is 0.746. The van der Waals surface area contributed by atoms with Crippen LogP contribution in [-0.2, 0) is 0 Å². The zero-order chi connectivity index (χ0) is 21.0. The van der Waals surface area contributed by atoms with Gasteiger partial charge in [0.25, 0.3) is 0 Å². The van der Waals surface area contributed by atoms with Crippen LogP contribution in [0.25, 0.3) is 39.3 Å². The summed E-state index contributed by atoms with van der Waals surface area (Å²) in [6.07, 6.45) is 0. The molecule has 148 valence electrons. The number of pyridine rings is 1. The highest BCUT2D eigenvalue weighted by Gasteiger charge is 2.24. The molecule has 0 spiro atoms. The van der Waals surface area contributed by atoms with E-state index in [2.05, 4.69) is 102 Å². The van der Waals surface area contributed by atoms with Crippen LogP contribution >= 0.6 is 0 Å². The molecule has 0 amide bonds. The van der Waals surface area contributed by atoms with Crippen molar-refractivity contribution in [3.63, 3.8) is 0 Å². The Morgan fingerprint density at radius 2 is 0.903 bits per heavy atom. The summed E-state index contributed by atoms with van der Waals surface area (Å²) in [5.41, 5.74) is 14.9. The summed E-state index contributed by atoms with van der Waals surface area (Å²) in [5, 5.41) is 0. The molecule has 2 N–H and O–H groups in total. The first-order valence-electron chi connectivity index (χ1n) is 10.4. The number of benzene rings is 4. The summed E-state index contributed by atoms with van der Waals surface area (Å²) in [6.45, 7) is 0. The number of hydrogen-bond donors (Lipinski definition) is 1. The van der Waals surface area contributed by atoms with Crippen molar-refractivity contribution in [1.82, 2.24) is 0 Å². The van der Waals surface area contributed by atoms with Gasteiger partial charge in [-0.1, -0.05) is 72.8 Å². The second-order valence-corrected chi connectivity index (χ2v) is 7.54. The predicted molar refractivity (Wildman–Crippen MR) is 129 cm³/mol. The molecule has 0 unspecified atom stereocenters. The average molecular weight is 400 g/mol. The molecule has 0 radical (unpaired) electrons. The molecular weight excluding hydrogens is 376 g/mol. The van der Waals surface area contributed by atoms with Gasteiger partial charge in [-0.25, -0.2) is 0 Å². The third-order valence-corrected chi connectivity index (χ3v) is 5.44. The first-order valence-corrected chi connectivity index (χ1v) is 10.4. The number of nitrogens with two attached hydrogens (primary N) is 1. The minimum absolute atomic E-state index is 0.746. The zero-order valence-corrected chi connectivity index (χ0v) is 17.1. The summed E-state index contributed by atoms with van der Waals surface area (Å²) < 4.78 is 2.30. The highest BCUT2D eigenvalue weighted by molar-refractivity contribution is 5.74. The molecule has 4 aromatic carbocycles. The van der Waals surface area contributed by atoms with Crippen LogP contribution in [0, 0.1) is 0 Å². The van der Waals surface area contributed by atoms with E-state index in [1.165, 1.54) is 11.1 Å². The summed E-state index contributed by atoms with van der Waals surface area (Å²) in [4.78, 5) is 0. The van der Waals surface area contributed by atoms with E-state index in [9.17, 15) is 0 Å². The molecule has 2 heteroatoms. The molecular formula is C29H23N2+. The van der Waals surface area contributed by atoms with Gasteiger partial charge in [0, 0.05) is 41.1 Å². The van der Waals surface area contributed by atoms with Crippen LogP contribution in [0.15, 0.2) is 127 Å². The van der Waals surface area contributed by atoms with Gasteiger partial charge in [-0.05, 0) is 41.5 Å². The second-order valence-electron chi connectivity index (χ2n) is 7.54. The predicted octanol–water partition coefficient (Wildman–Crippen LogP) is 6.55. The molecule has 0 atom stereocenters. The number of anilines is 1. The van der Waals surface area contributed by atoms with Crippen LogP contribution in [-0.4, -0.2) is 0 Å². The maximum Gasteiger partial charge on any atom is 0.219 e. The van der Waals surface area contributed by atoms with Crippen molar-refractivity contribution in [2.24, 2.45) is 0 Å². The standard InChI is InChI=1S/C29H23N2/c30-26-17-10-18-27(21-26)31-28(23-13-6-2-7-14-23)19-25(22-11-4-1-5-12-22)20-29(31)24-15-8-3-9-16-24/h1-21H,30H2/q+1. The Kier molecular flexibility index (Phi) is 5.04. The van der Waals surface area contributed by atoms with Gasteiger partial charge in [-0.3, -0.25) is 0 Å². The summed E-state index contributed by atoms with van der Waals surface area (Å²) in [7, 11) is 0. The van der Waals surface area contributed by atoms with Gasteiger partial charge >= 0.3 is 0 Å². The molecule has 0 aliphatic rings. The highest BCUT2D eigenvalue weighted by Crippen LogP contribution is 2.30. The SMILES string of the molecule is Nc1cccc(-[n+]2c(-c3ccccc3)cc(-c3ccccc3)cc2-c2ccccc2)c1. The fraction of sp³-hybridized carbons (Fsp3) is 0.